The lowest BCUT2D eigenvalue weighted by atomic mass is 10.2. The summed E-state index contributed by atoms with van der Waals surface area (Å²) in [5, 5.41) is 0.259. The molecule has 1 atom stereocenters. The lowest BCUT2D eigenvalue weighted by Gasteiger charge is -2.19. The standard InChI is InChI=1S/C17H20ClNO3S/c1-5-11(4)19-16(20)15(23-17(19)21)9-12-6-7-14(13(18)8-12)22-10(2)3/h6-11H,5H2,1-4H3/b15-9+/t11-/m0/s1. The van der Waals surface area contributed by atoms with E-state index >= 15 is 0 Å². The van der Waals surface area contributed by atoms with Crippen LogP contribution in [0.4, 0.5) is 4.79 Å². The van der Waals surface area contributed by atoms with Gasteiger partial charge in [0.2, 0.25) is 0 Å². The maximum absolute atomic E-state index is 12.4. The van der Waals surface area contributed by atoms with Gasteiger partial charge in [-0.2, -0.15) is 0 Å². The number of nitrogens with zero attached hydrogens (tertiary/aromatic N) is 1. The maximum atomic E-state index is 12.4. The summed E-state index contributed by atoms with van der Waals surface area (Å²) in [6, 6.07) is 5.23. The second kappa shape index (κ2) is 7.41. The molecule has 1 saturated heterocycles. The van der Waals surface area contributed by atoms with Gasteiger partial charge in [0, 0.05) is 6.04 Å². The third kappa shape index (κ3) is 4.09. The first-order valence-electron chi connectivity index (χ1n) is 7.56. The molecule has 0 spiro atoms. The molecule has 124 valence electrons. The van der Waals surface area contributed by atoms with Crippen LogP contribution >= 0.6 is 23.4 Å². The Bertz CT molecular complexity index is 657. The number of hydrogen-bond acceptors (Lipinski definition) is 4. The van der Waals surface area contributed by atoms with Crippen molar-refractivity contribution in [3.05, 3.63) is 33.7 Å². The Kier molecular flexibility index (Phi) is 5.76. The number of rotatable bonds is 5. The number of thioether (sulfide) groups is 1. The first-order chi connectivity index (χ1) is 10.8. The number of amides is 2. The van der Waals surface area contributed by atoms with Crippen molar-refractivity contribution in [2.45, 2.75) is 46.3 Å². The third-order valence-electron chi connectivity index (χ3n) is 3.47. The summed E-state index contributed by atoms with van der Waals surface area (Å²) in [5.74, 6) is 0.361. The Balaban J connectivity index is 2.24. The summed E-state index contributed by atoms with van der Waals surface area (Å²) in [6.45, 7) is 7.67. The van der Waals surface area contributed by atoms with E-state index < -0.39 is 0 Å². The number of halogens is 1. The smallest absolute Gasteiger partial charge is 0.293 e. The molecule has 23 heavy (non-hydrogen) atoms. The summed E-state index contributed by atoms with van der Waals surface area (Å²) in [7, 11) is 0. The van der Waals surface area contributed by atoms with Gasteiger partial charge in [-0.05, 0) is 62.7 Å². The molecule has 0 aliphatic carbocycles. The molecule has 1 aromatic carbocycles. The lowest BCUT2D eigenvalue weighted by Crippen LogP contribution is -2.36. The molecule has 0 N–H and O–H groups in total. The van der Waals surface area contributed by atoms with E-state index in [1.165, 1.54) is 4.90 Å². The van der Waals surface area contributed by atoms with Crippen LogP contribution in [0.2, 0.25) is 5.02 Å². The quantitative estimate of drug-likeness (QED) is 0.702. The van der Waals surface area contributed by atoms with Crippen LogP contribution in [0.3, 0.4) is 0 Å². The van der Waals surface area contributed by atoms with Gasteiger partial charge in [0.25, 0.3) is 11.1 Å². The van der Waals surface area contributed by atoms with E-state index in [4.69, 9.17) is 16.3 Å². The van der Waals surface area contributed by atoms with Gasteiger partial charge >= 0.3 is 0 Å². The number of benzene rings is 1. The Hall–Kier alpha value is -1.46. The number of hydrogen-bond donors (Lipinski definition) is 0. The molecular weight excluding hydrogens is 334 g/mol. The molecule has 1 aliphatic heterocycles. The first-order valence-corrected chi connectivity index (χ1v) is 8.76. The van der Waals surface area contributed by atoms with Crippen LogP contribution in [0.5, 0.6) is 5.75 Å². The van der Waals surface area contributed by atoms with Crippen molar-refractivity contribution in [3.8, 4) is 5.75 Å². The lowest BCUT2D eigenvalue weighted by molar-refractivity contribution is -0.124. The molecule has 1 heterocycles. The van der Waals surface area contributed by atoms with E-state index in [0.717, 1.165) is 23.7 Å². The Labute approximate surface area is 145 Å². The predicted molar refractivity (Wildman–Crippen MR) is 94.8 cm³/mol. The number of carbonyl (C=O) groups is 2. The van der Waals surface area contributed by atoms with Gasteiger partial charge in [0.15, 0.2) is 0 Å². The summed E-state index contributed by atoms with van der Waals surface area (Å²) in [4.78, 5) is 26.1. The minimum Gasteiger partial charge on any atom is -0.489 e. The third-order valence-corrected chi connectivity index (χ3v) is 4.65. The Morgan fingerprint density at radius 3 is 2.57 bits per heavy atom. The number of ether oxygens (including phenoxy) is 1. The van der Waals surface area contributed by atoms with Gasteiger partial charge in [-0.25, -0.2) is 0 Å². The van der Waals surface area contributed by atoms with E-state index in [2.05, 4.69) is 0 Å². The largest absolute Gasteiger partial charge is 0.489 e. The summed E-state index contributed by atoms with van der Waals surface area (Å²) >= 11 is 7.17. The average Bonchev–Trinajstić information content (AvgIpc) is 2.75. The molecule has 0 bridgehead atoms. The molecule has 0 unspecified atom stereocenters. The molecule has 1 fully saturated rings. The van der Waals surface area contributed by atoms with Gasteiger partial charge in [-0.1, -0.05) is 24.6 Å². The highest BCUT2D eigenvalue weighted by Crippen LogP contribution is 2.35. The van der Waals surface area contributed by atoms with Crippen molar-refractivity contribution in [2.24, 2.45) is 0 Å². The molecule has 0 radical (unpaired) electrons. The molecule has 0 saturated carbocycles. The average molecular weight is 354 g/mol. The SMILES string of the molecule is CC[C@H](C)N1C(=O)S/C(=C/c2ccc(OC(C)C)c(Cl)c2)C1=O. The highest BCUT2D eigenvalue weighted by molar-refractivity contribution is 8.18. The second-order valence-corrected chi connectivity index (χ2v) is 7.07. The van der Waals surface area contributed by atoms with E-state index in [9.17, 15) is 9.59 Å². The summed E-state index contributed by atoms with van der Waals surface area (Å²) in [6.07, 6.45) is 2.46. The zero-order chi connectivity index (χ0) is 17.1. The molecule has 1 aromatic rings. The molecule has 1 aliphatic rings. The van der Waals surface area contributed by atoms with Crippen molar-refractivity contribution in [1.82, 2.24) is 4.90 Å². The summed E-state index contributed by atoms with van der Waals surface area (Å²) < 4.78 is 5.58. The monoisotopic (exact) mass is 353 g/mol. The van der Waals surface area contributed by atoms with Gasteiger partial charge in [0.05, 0.1) is 16.0 Å². The van der Waals surface area contributed by atoms with Crippen molar-refractivity contribution < 1.29 is 14.3 Å². The van der Waals surface area contributed by atoms with E-state index in [1.54, 1.807) is 18.2 Å². The van der Waals surface area contributed by atoms with Crippen LogP contribution in [0.25, 0.3) is 6.08 Å². The highest BCUT2D eigenvalue weighted by Gasteiger charge is 2.37. The maximum Gasteiger partial charge on any atom is 0.293 e. The fraction of sp³-hybridized carbons (Fsp3) is 0.412. The molecule has 6 heteroatoms. The van der Waals surface area contributed by atoms with Gasteiger partial charge < -0.3 is 4.74 Å². The molecule has 4 nitrogen and oxygen atoms in total. The number of imide groups is 1. The van der Waals surface area contributed by atoms with Crippen molar-refractivity contribution >= 4 is 40.6 Å². The Morgan fingerprint density at radius 1 is 1.30 bits per heavy atom. The zero-order valence-electron chi connectivity index (χ0n) is 13.6. The number of carbonyl (C=O) groups excluding carboxylic acids is 2. The van der Waals surface area contributed by atoms with Gasteiger partial charge in [-0.3, -0.25) is 14.5 Å². The molecule has 2 amide bonds. The van der Waals surface area contributed by atoms with Crippen LogP contribution in [0.1, 0.15) is 39.7 Å². The zero-order valence-corrected chi connectivity index (χ0v) is 15.2. The molecular formula is C17H20ClNO3S. The highest BCUT2D eigenvalue weighted by atomic mass is 35.5. The minimum atomic E-state index is -0.243. The minimum absolute atomic E-state index is 0.0328. The Morgan fingerprint density at radius 2 is 2.00 bits per heavy atom. The van der Waals surface area contributed by atoms with Gasteiger partial charge in [0.1, 0.15) is 5.75 Å². The van der Waals surface area contributed by atoms with Crippen LogP contribution in [0.15, 0.2) is 23.1 Å². The fourth-order valence-electron chi connectivity index (χ4n) is 2.15. The van der Waals surface area contributed by atoms with Crippen molar-refractivity contribution in [3.63, 3.8) is 0 Å². The van der Waals surface area contributed by atoms with E-state index in [0.29, 0.717) is 15.7 Å². The van der Waals surface area contributed by atoms with Crippen molar-refractivity contribution in [2.75, 3.05) is 0 Å². The second-order valence-electron chi connectivity index (χ2n) is 5.67. The predicted octanol–water partition coefficient (Wildman–Crippen LogP) is 4.96. The van der Waals surface area contributed by atoms with Crippen LogP contribution in [-0.2, 0) is 4.79 Å². The van der Waals surface area contributed by atoms with Crippen LogP contribution < -0.4 is 4.74 Å². The van der Waals surface area contributed by atoms with Crippen LogP contribution in [-0.4, -0.2) is 28.2 Å². The van der Waals surface area contributed by atoms with Gasteiger partial charge in [-0.15, -0.1) is 0 Å². The normalized spacial score (nSPS) is 18.2. The first kappa shape index (κ1) is 17.9. The molecule has 2 rings (SSSR count). The fourth-order valence-corrected chi connectivity index (χ4v) is 3.31. The van der Waals surface area contributed by atoms with Crippen molar-refractivity contribution in [1.29, 1.82) is 0 Å². The summed E-state index contributed by atoms with van der Waals surface area (Å²) in [5.41, 5.74) is 0.765. The van der Waals surface area contributed by atoms with E-state index in [1.807, 2.05) is 33.8 Å². The van der Waals surface area contributed by atoms with E-state index in [-0.39, 0.29) is 23.3 Å². The topological polar surface area (TPSA) is 46.6 Å². The molecule has 0 aromatic heterocycles. The van der Waals surface area contributed by atoms with Crippen LogP contribution in [0, 0.1) is 0 Å².